The van der Waals surface area contributed by atoms with Crippen LogP contribution in [0.1, 0.15) is 40.1 Å². The molecule has 1 saturated heterocycles. The van der Waals surface area contributed by atoms with E-state index in [1.165, 1.54) is 28.3 Å². The van der Waals surface area contributed by atoms with Crippen LogP contribution in [0.2, 0.25) is 5.02 Å². The van der Waals surface area contributed by atoms with E-state index in [4.69, 9.17) is 16.7 Å². The standard InChI is InChI=1S/C20H23ClN4O2S2/c21-13-6-8-14(9-7-13)23-19(27)17-15-4-1-5-16(15)28-20(17)24-18(26)12-3-2-10-25(11-12)29-22/h6-9,12H,1-5,10-11,22H2,(H,23,27)(H,24,26). The van der Waals surface area contributed by atoms with Gasteiger partial charge in [-0.25, -0.2) is 4.31 Å². The zero-order chi connectivity index (χ0) is 20.4. The lowest BCUT2D eigenvalue weighted by molar-refractivity contribution is -0.120. The molecule has 1 unspecified atom stereocenters. The molecule has 0 bridgehead atoms. The van der Waals surface area contributed by atoms with Crippen LogP contribution in [0.4, 0.5) is 10.7 Å². The molecule has 2 heterocycles. The van der Waals surface area contributed by atoms with Gasteiger partial charge in [-0.05, 0) is 61.9 Å². The van der Waals surface area contributed by atoms with Crippen LogP contribution in [0.25, 0.3) is 0 Å². The Morgan fingerprint density at radius 3 is 2.72 bits per heavy atom. The summed E-state index contributed by atoms with van der Waals surface area (Å²) in [6, 6.07) is 7.02. The van der Waals surface area contributed by atoms with Gasteiger partial charge in [0, 0.05) is 40.8 Å². The van der Waals surface area contributed by atoms with Crippen LogP contribution in [-0.4, -0.2) is 29.2 Å². The van der Waals surface area contributed by atoms with Crippen molar-refractivity contribution in [3.05, 3.63) is 45.3 Å². The summed E-state index contributed by atoms with van der Waals surface area (Å²) in [5.74, 6) is -0.349. The Hall–Kier alpha value is -1.58. The summed E-state index contributed by atoms with van der Waals surface area (Å²) in [4.78, 5) is 27.2. The Kier molecular flexibility index (Phi) is 6.46. The summed E-state index contributed by atoms with van der Waals surface area (Å²) in [6.07, 6.45) is 4.64. The lowest BCUT2D eigenvalue weighted by Gasteiger charge is -2.29. The summed E-state index contributed by atoms with van der Waals surface area (Å²) >= 11 is 8.65. The van der Waals surface area contributed by atoms with Crippen LogP contribution in [0.3, 0.4) is 0 Å². The largest absolute Gasteiger partial charge is 0.322 e. The van der Waals surface area contributed by atoms with Gasteiger partial charge in [0.2, 0.25) is 5.91 Å². The molecule has 6 nitrogen and oxygen atoms in total. The number of nitrogens with one attached hydrogen (secondary N) is 2. The van der Waals surface area contributed by atoms with E-state index in [0.29, 0.717) is 27.8 Å². The molecule has 1 fully saturated rings. The van der Waals surface area contributed by atoms with E-state index in [0.717, 1.165) is 44.2 Å². The van der Waals surface area contributed by atoms with Crippen LogP contribution in [0.5, 0.6) is 0 Å². The molecule has 1 aliphatic heterocycles. The van der Waals surface area contributed by atoms with Gasteiger partial charge in [-0.3, -0.25) is 14.7 Å². The van der Waals surface area contributed by atoms with Crippen LogP contribution in [0, 0.1) is 5.92 Å². The first-order valence-electron chi connectivity index (χ1n) is 9.69. The number of nitrogens with zero attached hydrogens (tertiary/aromatic N) is 1. The monoisotopic (exact) mass is 450 g/mol. The summed E-state index contributed by atoms with van der Waals surface area (Å²) in [5, 5.41) is 12.9. The molecule has 1 aliphatic carbocycles. The van der Waals surface area contributed by atoms with Crippen molar-refractivity contribution >= 4 is 57.6 Å². The van der Waals surface area contributed by atoms with Crippen molar-refractivity contribution < 1.29 is 9.59 Å². The highest BCUT2D eigenvalue weighted by Gasteiger charge is 2.30. The average molecular weight is 451 g/mol. The Bertz CT molecular complexity index is 916. The van der Waals surface area contributed by atoms with E-state index in [1.54, 1.807) is 24.3 Å². The fraction of sp³-hybridized carbons (Fsp3) is 0.400. The summed E-state index contributed by atoms with van der Waals surface area (Å²) in [7, 11) is 0. The maximum absolute atomic E-state index is 13.1. The summed E-state index contributed by atoms with van der Waals surface area (Å²) in [6.45, 7) is 1.53. The molecule has 4 rings (SSSR count). The topological polar surface area (TPSA) is 87.5 Å². The van der Waals surface area contributed by atoms with Crippen molar-refractivity contribution in [1.29, 1.82) is 0 Å². The van der Waals surface area contributed by atoms with Crippen LogP contribution < -0.4 is 15.8 Å². The first kappa shape index (κ1) is 20.7. The predicted molar refractivity (Wildman–Crippen MR) is 120 cm³/mol. The number of hydrogen-bond donors (Lipinski definition) is 3. The van der Waals surface area contributed by atoms with Crippen molar-refractivity contribution in [2.75, 3.05) is 23.7 Å². The van der Waals surface area contributed by atoms with E-state index in [2.05, 4.69) is 10.6 Å². The zero-order valence-electron chi connectivity index (χ0n) is 15.9. The lowest BCUT2D eigenvalue weighted by atomic mass is 9.99. The van der Waals surface area contributed by atoms with Crippen LogP contribution >= 0.6 is 35.1 Å². The molecule has 2 aliphatic rings. The molecule has 1 aromatic heterocycles. The highest BCUT2D eigenvalue weighted by Crippen LogP contribution is 2.40. The summed E-state index contributed by atoms with van der Waals surface area (Å²) in [5.41, 5.74) is 2.35. The van der Waals surface area contributed by atoms with Gasteiger partial charge in [0.25, 0.3) is 5.91 Å². The molecule has 0 radical (unpaired) electrons. The molecule has 0 spiro atoms. The Balaban J connectivity index is 1.54. The molecule has 2 amide bonds. The zero-order valence-corrected chi connectivity index (χ0v) is 18.3. The Labute approximate surface area is 183 Å². The number of piperidine rings is 1. The number of thiophene rings is 1. The van der Waals surface area contributed by atoms with Crippen molar-refractivity contribution in [3.63, 3.8) is 0 Å². The second-order valence-corrected chi connectivity index (χ2v) is 9.61. The number of fused-ring (bicyclic) bond motifs is 1. The van der Waals surface area contributed by atoms with Gasteiger partial charge >= 0.3 is 0 Å². The highest BCUT2D eigenvalue weighted by atomic mass is 35.5. The van der Waals surface area contributed by atoms with Gasteiger partial charge in [0.1, 0.15) is 5.00 Å². The third-order valence-electron chi connectivity index (χ3n) is 5.39. The SMILES string of the molecule is NSN1CCCC(C(=O)Nc2sc3c(c2C(=O)Nc2ccc(Cl)cc2)CCC3)C1. The maximum atomic E-state index is 13.1. The number of rotatable bonds is 5. The molecular formula is C20H23ClN4O2S2. The fourth-order valence-corrected chi connectivity index (χ4v) is 5.84. The number of benzene rings is 1. The van der Waals surface area contributed by atoms with Gasteiger partial charge in [-0.2, -0.15) is 0 Å². The maximum Gasteiger partial charge on any atom is 0.258 e. The minimum Gasteiger partial charge on any atom is -0.322 e. The molecule has 1 atom stereocenters. The number of carbonyl (C=O) groups excluding carboxylic acids is 2. The van der Waals surface area contributed by atoms with E-state index >= 15 is 0 Å². The smallest absolute Gasteiger partial charge is 0.258 e. The number of carbonyl (C=O) groups is 2. The molecule has 2 aromatic rings. The number of amides is 2. The molecule has 29 heavy (non-hydrogen) atoms. The molecule has 154 valence electrons. The minimum atomic E-state index is -0.190. The van der Waals surface area contributed by atoms with E-state index in [-0.39, 0.29) is 17.7 Å². The second kappa shape index (κ2) is 9.06. The van der Waals surface area contributed by atoms with Crippen molar-refractivity contribution in [3.8, 4) is 0 Å². The van der Waals surface area contributed by atoms with E-state index in [9.17, 15) is 9.59 Å². The van der Waals surface area contributed by atoms with Crippen molar-refractivity contribution in [1.82, 2.24) is 4.31 Å². The predicted octanol–water partition coefficient (Wildman–Crippen LogP) is 4.31. The number of anilines is 2. The van der Waals surface area contributed by atoms with E-state index < -0.39 is 0 Å². The molecule has 1 aromatic carbocycles. The van der Waals surface area contributed by atoms with Gasteiger partial charge in [-0.15, -0.1) is 11.3 Å². The third kappa shape index (κ3) is 4.62. The molecule has 0 saturated carbocycles. The van der Waals surface area contributed by atoms with Crippen molar-refractivity contribution in [2.45, 2.75) is 32.1 Å². The summed E-state index contributed by atoms with van der Waals surface area (Å²) < 4.78 is 2.01. The highest BCUT2D eigenvalue weighted by molar-refractivity contribution is 7.94. The second-order valence-electron chi connectivity index (χ2n) is 7.34. The molecule has 4 N–H and O–H groups in total. The lowest BCUT2D eigenvalue weighted by Crippen LogP contribution is -2.38. The van der Waals surface area contributed by atoms with Crippen LogP contribution in [-0.2, 0) is 17.6 Å². The molecule has 9 heteroatoms. The van der Waals surface area contributed by atoms with Gasteiger partial charge in [0.15, 0.2) is 0 Å². The van der Waals surface area contributed by atoms with E-state index in [1.807, 2.05) is 4.31 Å². The Morgan fingerprint density at radius 1 is 1.17 bits per heavy atom. The van der Waals surface area contributed by atoms with Gasteiger partial charge < -0.3 is 10.6 Å². The minimum absolute atomic E-state index is 0.0378. The number of hydrogen-bond acceptors (Lipinski definition) is 6. The molecular weight excluding hydrogens is 428 g/mol. The normalized spacial score (nSPS) is 19.0. The third-order valence-corrected chi connectivity index (χ3v) is 7.48. The first-order valence-corrected chi connectivity index (χ1v) is 11.7. The number of nitrogens with two attached hydrogens (primary N) is 1. The number of halogens is 1. The Morgan fingerprint density at radius 2 is 1.97 bits per heavy atom. The first-order chi connectivity index (χ1) is 14.0. The fourth-order valence-electron chi connectivity index (χ4n) is 3.93. The quantitative estimate of drug-likeness (QED) is 0.590. The van der Waals surface area contributed by atoms with Crippen molar-refractivity contribution in [2.24, 2.45) is 11.1 Å². The average Bonchev–Trinajstić information content (AvgIpc) is 3.30. The van der Waals surface area contributed by atoms with Gasteiger partial charge in [0.05, 0.1) is 11.5 Å². The van der Waals surface area contributed by atoms with Crippen LogP contribution in [0.15, 0.2) is 24.3 Å². The number of aryl methyl sites for hydroxylation is 1. The van der Waals surface area contributed by atoms with Gasteiger partial charge in [-0.1, -0.05) is 11.6 Å².